The monoisotopic (exact) mass is 495 g/mol. The number of aliphatic imine (C=N–C) groups is 1. The summed E-state index contributed by atoms with van der Waals surface area (Å²) in [7, 11) is 1.48. The maximum absolute atomic E-state index is 12.1. The number of anilines is 1. The second kappa shape index (κ2) is 12.0. The predicted octanol–water partition coefficient (Wildman–Crippen LogP) is 6.43. The van der Waals surface area contributed by atoms with Crippen molar-refractivity contribution in [3.8, 4) is 11.5 Å². The van der Waals surface area contributed by atoms with Crippen molar-refractivity contribution in [2.75, 3.05) is 12.4 Å². The lowest BCUT2D eigenvalue weighted by molar-refractivity contribution is -0.385. The summed E-state index contributed by atoms with van der Waals surface area (Å²) in [5, 5.41) is 25.4. The van der Waals surface area contributed by atoms with Gasteiger partial charge in [0.05, 0.1) is 23.4 Å². The summed E-state index contributed by atoms with van der Waals surface area (Å²) in [4.78, 5) is 27.3. The predicted molar refractivity (Wildman–Crippen MR) is 137 cm³/mol. The maximum Gasteiger partial charge on any atom is 0.311 e. The van der Waals surface area contributed by atoms with Crippen LogP contribution in [0.15, 0.2) is 59.6 Å². The van der Waals surface area contributed by atoms with E-state index in [1.807, 2.05) is 19.1 Å². The molecular formula is C26H26ClN3O5. The number of hydrogen-bond donors (Lipinski definition) is 2. The fraction of sp³-hybridized carbons (Fsp3) is 0.231. The van der Waals surface area contributed by atoms with Crippen molar-refractivity contribution in [1.82, 2.24) is 0 Å². The number of rotatable bonds is 10. The lowest BCUT2D eigenvalue weighted by atomic mass is 10.0. The fourth-order valence-electron chi connectivity index (χ4n) is 3.46. The van der Waals surface area contributed by atoms with E-state index in [4.69, 9.17) is 16.3 Å². The molecular weight excluding hydrogens is 470 g/mol. The number of phenols is 1. The lowest BCUT2D eigenvalue weighted by Crippen LogP contribution is -2.11. The van der Waals surface area contributed by atoms with Crippen molar-refractivity contribution >= 4 is 40.8 Å². The van der Waals surface area contributed by atoms with E-state index in [1.54, 1.807) is 36.4 Å². The smallest absolute Gasteiger partial charge is 0.311 e. The second-order valence-electron chi connectivity index (χ2n) is 7.87. The number of nitrogens with zero attached hydrogens (tertiary/aromatic N) is 2. The number of halogens is 1. The lowest BCUT2D eigenvalue weighted by Gasteiger charge is -2.11. The Bertz CT molecular complexity index is 1260. The van der Waals surface area contributed by atoms with Gasteiger partial charge in [-0.05, 0) is 48.2 Å². The average Bonchev–Trinajstić information content (AvgIpc) is 2.84. The van der Waals surface area contributed by atoms with Gasteiger partial charge in [-0.25, -0.2) is 0 Å². The molecule has 3 rings (SSSR count). The molecule has 35 heavy (non-hydrogen) atoms. The Morgan fingerprint density at radius 3 is 2.69 bits per heavy atom. The topological polar surface area (TPSA) is 114 Å². The molecule has 0 aliphatic heterocycles. The van der Waals surface area contributed by atoms with Crippen LogP contribution in [0.4, 0.5) is 17.1 Å². The summed E-state index contributed by atoms with van der Waals surface area (Å²) < 4.78 is 5.37. The van der Waals surface area contributed by atoms with Crippen LogP contribution in [0.1, 0.15) is 42.9 Å². The molecule has 0 saturated carbocycles. The standard InChI is InChI=1S/C26H26ClN3O5/c1-3-4-9-25(31)29-22-11-10-20(15-24(22)35-2)28-16-19-13-17(14-23(26(19)32)30(33)34)12-18-7-5-6-8-21(18)27/h5-8,10-11,13-16,32H,3-4,9,12H2,1-2H3,(H,29,31). The molecule has 0 aliphatic rings. The van der Waals surface area contributed by atoms with Gasteiger partial charge >= 0.3 is 5.69 Å². The number of nitro groups is 1. The molecule has 1 amide bonds. The molecule has 8 nitrogen and oxygen atoms in total. The first-order valence-corrected chi connectivity index (χ1v) is 11.5. The van der Waals surface area contributed by atoms with Crippen molar-refractivity contribution in [1.29, 1.82) is 0 Å². The summed E-state index contributed by atoms with van der Waals surface area (Å²) in [6.45, 7) is 2.01. The molecule has 0 aromatic heterocycles. The van der Waals surface area contributed by atoms with Crippen LogP contribution in [0.25, 0.3) is 0 Å². The molecule has 0 spiro atoms. The van der Waals surface area contributed by atoms with E-state index in [1.165, 1.54) is 19.4 Å². The molecule has 0 bridgehead atoms. The van der Waals surface area contributed by atoms with E-state index in [2.05, 4.69) is 10.3 Å². The van der Waals surface area contributed by atoms with E-state index in [0.717, 1.165) is 18.4 Å². The molecule has 0 radical (unpaired) electrons. The van der Waals surface area contributed by atoms with Crippen LogP contribution < -0.4 is 10.1 Å². The number of ether oxygens (including phenoxy) is 1. The van der Waals surface area contributed by atoms with Crippen LogP contribution in [0.3, 0.4) is 0 Å². The van der Waals surface area contributed by atoms with Crippen LogP contribution in [-0.2, 0) is 11.2 Å². The highest BCUT2D eigenvalue weighted by atomic mass is 35.5. The number of carbonyl (C=O) groups is 1. The molecule has 0 heterocycles. The molecule has 182 valence electrons. The Labute approximate surface area is 208 Å². The van der Waals surface area contributed by atoms with Gasteiger partial charge in [-0.15, -0.1) is 0 Å². The fourth-order valence-corrected chi connectivity index (χ4v) is 3.66. The van der Waals surface area contributed by atoms with Gasteiger partial charge in [0.1, 0.15) is 5.75 Å². The number of benzene rings is 3. The molecule has 0 aliphatic carbocycles. The quantitative estimate of drug-likeness (QED) is 0.191. The molecule has 0 fully saturated rings. The minimum atomic E-state index is -0.637. The zero-order valence-electron chi connectivity index (χ0n) is 19.5. The van der Waals surface area contributed by atoms with E-state index in [9.17, 15) is 20.0 Å². The van der Waals surface area contributed by atoms with Gasteiger partial charge in [0.25, 0.3) is 0 Å². The largest absolute Gasteiger partial charge is 0.502 e. The Morgan fingerprint density at radius 2 is 2.00 bits per heavy atom. The maximum atomic E-state index is 12.1. The van der Waals surface area contributed by atoms with Gasteiger partial charge in [0, 0.05) is 35.4 Å². The van der Waals surface area contributed by atoms with Crippen LogP contribution in [0.5, 0.6) is 11.5 Å². The van der Waals surface area contributed by atoms with Gasteiger partial charge in [0.15, 0.2) is 0 Å². The average molecular weight is 496 g/mol. The third kappa shape index (κ3) is 6.80. The second-order valence-corrected chi connectivity index (χ2v) is 8.28. The first-order chi connectivity index (χ1) is 16.8. The third-order valence-electron chi connectivity index (χ3n) is 5.30. The van der Waals surface area contributed by atoms with Crippen LogP contribution in [0.2, 0.25) is 5.02 Å². The molecule has 9 heteroatoms. The van der Waals surface area contributed by atoms with Gasteiger partial charge < -0.3 is 15.2 Å². The van der Waals surface area contributed by atoms with Crippen molar-refractivity contribution < 1.29 is 19.6 Å². The van der Waals surface area contributed by atoms with Gasteiger partial charge in [-0.2, -0.15) is 0 Å². The first-order valence-electron chi connectivity index (χ1n) is 11.1. The molecule has 3 aromatic rings. The van der Waals surface area contributed by atoms with Gasteiger partial charge in [0.2, 0.25) is 11.7 Å². The van der Waals surface area contributed by atoms with E-state index < -0.39 is 16.4 Å². The van der Waals surface area contributed by atoms with E-state index >= 15 is 0 Å². The van der Waals surface area contributed by atoms with Crippen molar-refractivity contribution in [2.45, 2.75) is 32.6 Å². The summed E-state index contributed by atoms with van der Waals surface area (Å²) in [6, 6.07) is 15.2. The summed E-state index contributed by atoms with van der Waals surface area (Å²) in [5.74, 6) is -0.158. The Kier molecular flexibility index (Phi) is 8.80. The third-order valence-corrected chi connectivity index (χ3v) is 5.67. The number of carbonyl (C=O) groups excluding carboxylic acids is 1. The zero-order chi connectivity index (χ0) is 25.4. The highest BCUT2D eigenvalue weighted by Gasteiger charge is 2.19. The van der Waals surface area contributed by atoms with Crippen molar-refractivity contribution in [2.24, 2.45) is 4.99 Å². The van der Waals surface area contributed by atoms with Gasteiger partial charge in [-0.1, -0.05) is 43.1 Å². The van der Waals surface area contributed by atoms with Crippen LogP contribution in [0, 0.1) is 10.1 Å². The van der Waals surface area contributed by atoms with Gasteiger partial charge in [-0.3, -0.25) is 19.9 Å². The minimum absolute atomic E-state index is 0.103. The Morgan fingerprint density at radius 1 is 1.23 bits per heavy atom. The number of phenolic OH excluding ortho intramolecular Hbond substituents is 1. The van der Waals surface area contributed by atoms with E-state index in [0.29, 0.717) is 40.6 Å². The molecule has 0 saturated heterocycles. The number of methoxy groups -OCH3 is 1. The number of nitro benzene ring substituents is 1. The van der Waals surface area contributed by atoms with Crippen molar-refractivity contribution in [3.63, 3.8) is 0 Å². The summed E-state index contributed by atoms with van der Waals surface area (Å²) >= 11 is 6.24. The number of hydrogen-bond acceptors (Lipinski definition) is 6. The first kappa shape index (κ1) is 25.7. The number of amides is 1. The molecule has 3 aromatic carbocycles. The number of aromatic hydroxyl groups is 1. The molecule has 0 atom stereocenters. The molecule has 2 N–H and O–H groups in total. The molecule has 0 unspecified atom stereocenters. The van der Waals surface area contributed by atoms with Crippen molar-refractivity contribution in [3.05, 3.63) is 86.4 Å². The summed E-state index contributed by atoms with van der Waals surface area (Å²) in [6.07, 6.45) is 3.83. The Hall–Kier alpha value is -3.91. The van der Waals surface area contributed by atoms with Crippen LogP contribution >= 0.6 is 11.6 Å². The SMILES string of the molecule is CCCCC(=O)Nc1ccc(N=Cc2cc(Cc3ccccc3Cl)cc([N+](=O)[O-])c2O)cc1OC. The number of unbranched alkanes of at least 4 members (excludes halogenated alkanes) is 1. The minimum Gasteiger partial charge on any atom is -0.502 e. The number of nitrogens with one attached hydrogen (secondary N) is 1. The summed E-state index contributed by atoms with van der Waals surface area (Å²) in [5.41, 5.74) is 2.18. The zero-order valence-corrected chi connectivity index (χ0v) is 20.2. The normalized spacial score (nSPS) is 10.9. The van der Waals surface area contributed by atoms with Crippen LogP contribution in [-0.4, -0.2) is 29.3 Å². The highest BCUT2D eigenvalue weighted by molar-refractivity contribution is 6.31. The Balaban J connectivity index is 1.89. The van der Waals surface area contributed by atoms with E-state index in [-0.39, 0.29) is 11.5 Å². The highest BCUT2D eigenvalue weighted by Crippen LogP contribution is 2.33.